The minimum absolute atomic E-state index is 0.316. The summed E-state index contributed by atoms with van der Waals surface area (Å²) in [7, 11) is -4.37. The minimum atomic E-state index is -4.37. The Bertz CT molecular complexity index is 439. The van der Waals surface area contributed by atoms with Gasteiger partial charge in [0.1, 0.15) is 12.2 Å². The topological polar surface area (TPSA) is 107 Å². The van der Waals surface area contributed by atoms with Gasteiger partial charge in [0.2, 0.25) is 0 Å². The van der Waals surface area contributed by atoms with E-state index in [4.69, 9.17) is 14.0 Å². The van der Waals surface area contributed by atoms with Crippen LogP contribution in [-0.2, 0) is 29.2 Å². The molecule has 0 bridgehead atoms. The van der Waals surface area contributed by atoms with E-state index in [1.54, 1.807) is 0 Å². The third-order valence-electron chi connectivity index (χ3n) is 2.38. The SMILES string of the molecule is C=CC(=O)OC1CCC(OC(=O)CS(=O)(=O)O)C1. The van der Waals surface area contributed by atoms with Crippen molar-refractivity contribution in [1.29, 1.82) is 0 Å². The second-order valence-electron chi connectivity index (χ2n) is 3.91. The molecular formula is C10H14O7S. The fourth-order valence-corrected chi connectivity index (χ4v) is 2.06. The zero-order chi connectivity index (χ0) is 13.8. The molecule has 8 heteroatoms. The van der Waals surface area contributed by atoms with Gasteiger partial charge >= 0.3 is 11.9 Å². The van der Waals surface area contributed by atoms with E-state index in [0.717, 1.165) is 6.08 Å². The van der Waals surface area contributed by atoms with E-state index >= 15 is 0 Å². The van der Waals surface area contributed by atoms with Gasteiger partial charge in [-0.1, -0.05) is 6.58 Å². The summed E-state index contributed by atoms with van der Waals surface area (Å²) < 4.78 is 39.1. The summed E-state index contributed by atoms with van der Waals surface area (Å²) in [5, 5.41) is 0. The number of rotatable bonds is 5. The van der Waals surface area contributed by atoms with Gasteiger partial charge in [0.05, 0.1) is 0 Å². The Labute approximate surface area is 105 Å². The van der Waals surface area contributed by atoms with Crippen LogP contribution in [0.2, 0.25) is 0 Å². The van der Waals surface area contributed by atoms with E-state index in [1.807, 2.05) is 0 Å². The number of ether oxygens (including phenoxy) is 2. The van der Waals surface area contributed by atoms with Crippen LogP contribution in [-0.4, -0.2) is 42.9 Å². The van der Waals surface area contributed by atoms with Crippen molar-refractivity contribution < 1.29 is 32.0 Å². The minimum Gasteiger partial charge on any atom is -0.461 e. The largest absolute Gasteiger partial charge is 0.461 e. The zero-order valence-electron chi connectivity index (χ0n) is 9.57. The second kappa shape index (κ2) is 5.96. The lowest BCUT2D eigenvalue weighted by molar-refractivity contribution is -0.146. The van der Waals surface area contributed by atoms with Crippen molar-refractivity contribution in [3.63, 3.8) is 0 Å². The molecule has 1 fully saturated rings. The predicted molar refractivity (Wildman–Crippen MR) is 60.2 cm³/mol. The van der Waals surface area contributed by atoms with E-state index in [1.165, 1.54) is 0 Å². The van der Waals surface area contributed by atoms with Crippen LogP contribution in [0.5, 0.6) is 0 Å². The van der Waals surface area contributed by atoms with Crippen molar-refractivity contribution >= 4 is 22.1 Å². The van der Waals surface area contributed by atoms with Gasteiger partial charge in [0, 0.05) is 12.5 Å². The van der Waals surface area contributed by atoms with Gasteiger partial charge in [-0.3, -0.25) is 9.35 Å². The number of hydrogen-bond acceptors (Lipinski definition) is 6. The molecule has 0 aromatic carbocycles. The van der Waals surface area contributed by atoms with Crippen LogP contribution in [0.4, 0.5) is 0 Å². The Balaban J connectivity index is 2.36. The third-order valence-corrected chi connectivity index (χ3v) is 2.98. The van der Waals surface area contributed by atoms with E-state index in [0.29, 0.717) is 19.3 Å². The van der Waals surface area contributed by atoms with Crippen LogP contribution < -0.4 is 0 Å². The molecule has 0 amide bonds. The predicted octanol–water partition coefficient (Wildman–Crippen LogP) is 0.0677. The first-order valence-electron chi connectivity index (χ1n) is 5.28. The molecule has 18 heavy (non-hydrogen) atoms. The number of carbonyl (C=O) groups excluding carboxylic acids is 2. The van der Waals surface area contributed by atoms with E-state index in [2.05, 4.69) is 6.58 Å². The standard InChI is InChI=1S/C10H14O7S/c1-2-9(11)16-7-3-4-8(5-7)17-10(12)6-18(13,14)15/h2,7-8H,1,3-6H2,(H,13,14,15). The van der Waals surface area contributed by atoms with Crippen molar-refractivity contribution in [3.05, 3.63) is 12.7 Å². The average Bonchev–Trinajstić information content (AvgIpc) is 2.62. The van der Waals surface area contributed by atoms with Gasteiger partial charge in [0.15, 0.2) is 5.75 Å². The monoisotopic (exact) mass is 278 g/mol. The van der Waals surface area contributed by atoms with Gasteiger partial charge in [-0.15, -0.1) is 0 Å². The van der Waals surface area contributed by atoms with Crippen molar-refractivity contribution in [2.45, 2.75) is 31.5 Å². The Morgan fingerprint density at radius 2 is 1.83 bits per heavy atom. The fraction of sp³-hybridized carbons (Fsp3) is 0.600. The summed E-state index contributed by atoms with van der Waals surface area (Å²) in [5.74, 6) is -2.64. The first kappa shape index (κ1) is 14.7. The highest BCUT2D eigenvalue weighted by atomic mass is 32.2. The van der Waals surface area contributed by atoms with Crippen molar-refractivity contribution in [2.24, 2.45) is 0 Å². The maximum Gasteiger partial charge on any atom is 0.330 e. The Morgan fingerprint density at radius 3 is 2.33 bits per heavy atom. The van der Waals surface area contributed by atoms with Crippen molar-refractivity contribution in [3.8, 4) is 0 Å². The highest BCUT2D eigenvalue weighted by Gasteiger charge is 2.30. The fourth-order valence-electron chi connectivity index (χ4n) is 1.70. The summed E-state index contributed by atoms with van der Waals surface area (Å²) in [5.41, 5.74) is 0. The molecule has 1 aliphatic carbocycles. The maximum atomic E-state index is 11.1. The molecule has 102 valence electrons. The molecule has 1 saturated carbocycles. The summed E-state index contributed by atoms with van der Waals surface area (Å²) in [6, 6.07) is 0. The quantitative estimate of drug-likeness (QED) is 0.430. The van der Waals surface area contributed by atoms with Crippen molar-refractivity contribution in [1.82, 2.24) is 0 Å². The molecule has 7 nitrogen and oxygen atoms in total. The molecule has 0 aromatic rings. The lowest BCUT2D eigenvalue weighted by atomic mass is 10.3. The highest BCUT2D eigenvalue weighted by molar-refractivity contribution is 7.86. The maximum absolute atomic E-state index is 11.1. The van der Waals surface area contributed by atoms with Gasteiger partial charge in [-0.25, -0.2) is 4.79 Å². The number of hydrogen-bond donors (Lipinski definition) is 1. The molecule has 0 saturated heterocycles. The van der Waals surface area contributed by atoms with Gasteiger partial charge in [0.25, 0.3) is 10.1 Å². The van der Waals surface area contributed by atoms with Crippen LogP contribution >= 0.6 is 0 Å². The smallest absolute Gasteiger partial charge is 0.330 e. The van der Waals surface area contributed by atoms with Crippen LogP contribution in [0.15, 0.2) is 12.7 Å². The number of carbonyl (C=O) groups is 2. The highest BCUT2D eigenvalue weighted by Crippen LogP contribution is 2.25. The summed E-state index contributed by atoms with van der Waals surface area (Å²) in [6.07, 6.45) is 1.50. The van der Waals surface area contributed by atoms with E-state index in [-0.39, 0.29) is 6.10 Å². The first-order valence-corrected chi connectivity index (χ1v) is 6.89. The molecule has 0 spiro atoms. The Morgan fingerprint density at radius 1 is 1.28 bits per heavy atom. The van der Waals surface area contributed by atoms with Gasteiger partial charge in [-0.2, -0.15) is 8.42 Å². The molecule has 2 atom stereocenters. The summed E-state index contributed by atoms with van der Waals surface area (Å²) in [6.45, 7) is 3.26. The molecule has 1 aliphatic rings. The van der Waals surface area contributed by atoms with Crippen LogP contribution in [0.25, 0.3) is 0 Å². The van der Waals surface area contributed by atoms with Gasteiger partial charge in [-0.05, 0) is 12.8 Å². The second-order valence-corrected chi connectivity index (χ2v) is 5.37. The Kier molecular flexibility index (Phi) is 4.85. The molecule has 0 aliphatic heterocycles. The summed E-state index contributed by atoms with van der Waals surface area (Å²) >= 11 is 0. The van der Waals surface area contributed by atoms with Crippen molar-refractivity contribution in [2.75, 3.05) is 5.75 Å². The van der Waals surface area contributed by atoms with E-state index < -0.39 is 33.9 Å². The molecule has 1 rings (SSSR count). The molecule has 0 aromatic heterocycles. The lowest BCUT2D eigenvalue weighted by Gasteiger charge is -2.12. The Hall–Kier alpha value is -1.41. The lowest BCUT2D eigenvalue weighted by Crippen LogP contribution is -2.23. The normalized spacial score (nSPS) is 23.4. The van der Waals surface area contributed by atoms with Crippen LogP contribution in [0, 0.1) is 0 Å². The molecule has 0 radical (unpaired) electrons. The average molecular weight is 278 g/mol. The van der Waals surface area contributed by atoms with E-state index in [9.17, 15) is 18.0 Å². The summed E-state index contributed by atoms with van der Waals surface area (Å²) in [4.78, 5) is 22.0. The number of esters is 2. The molecule has 2 unspecified atom stereocenters. The zero-order valence-corrected chi connectivity index (χ0v) is 10.4. The van der Waals surface area contributed by atoms with Crippen LogP contribution in [0.3, 0.4) is 0 Å². The van der Waals surface area contributed by atoms with Crippen LogP contribution in [0.1, 0.15) is 19.3 Å². The molecule has 1 N–H and O–H groups in total. The third kappa shape index (κ3) is 5.28. The molecular weight excluding hydrogens is 264 g/mol. The first-order chi connectivity index (χ1) is 8.30. The molecule has 0 heterocycles. The van der Waals surface area contributed by atoms with Gasteiger partial charge < -0.3 is 9.47 Å².